The average Bonchev–Trinajstić information content (AvgIpc) is 2.50. The predicted molar refractivity (Wildman–Crippen MR) is 83.5 cm³/mol. The van der Waals surface area contributed by atoms with Gasteiger partial charge in [0.05, 0.1) is 4.47 Å². The normalized spacial score (nSPS) is 14.6. The fourth-order valence-corrected chi connectivity index (χ4v) is 2.53. The Kier molecular flexibility index (Phi) is 5.43. The highest BCUT2D eigenvalue weighted by Gasteiger charge is 2.22. The number of carbonyl (C=O) groups excluding carboxylic acids is 1. The zero-order chi connectivity index (χ0) is 16.1. The van der Waals surface area contributed by atoms with Crippen molar-refractivity contribution in [1.29, 1.82) is 0 Å². The third kappa shape index (κ3) is 3.79. The molecule has 0 aromatic heterocycles. The van der Waals surface area contributed by atoms with Gasteiger partial charge in [-0.25, -0.2) is 4.79 Å². The van der Waals surface area contributed by atoms with Gasteiger partial charge in [-0.1, -0.05) is 12.2 Å². The van der Waals surface area contributed by atoms with E-state index in [2.05, 4.69) is 21.2 Å². The van der Waals surface area contributed by atoms with Crippen LogP contribution < -0.4 is 14.8 Å². The zero-order valence-corrected chi connectivity index (χ0v) is 13.6. The summed E-state index contributed by atoms with van der Waals surface area (Å²) in [6, 6.07) is 2.15. The molecular weight excluding hydrogens is 354 g/mol. The van der Waals surface area contributed by atoms with Gasteiger partial charge in [0.2, 0.25) is 0 Å². The van der Waals surface area contributed by atoms with Crippen molar-refractivity contribution in [3.63, 3.8) is 0 Å². The largest absolute Gasteiger partial charge is 0.486 e. The molecule has 1 aromatic rings. The van der Waals surface area contributed by atoms with Crippen molar-refractivity contribution in [2.24, 2.45) is 0 Å². The lowest BCUT2D eigenvalue weighted by molar-refractivity contribution is -0.139. The molecule has 1 atom stereocenters. The lowest BCUT2D eigenvalue weighted by atomic mass is 10.1. The van der Waals surface area contributed by atoms with Crippen LogP contribution in [0.3, 0.4) is 0 Å². The van der Waals surface area contributed by atoms with E-state index in [0.717, 1.165) is 0 Å². The number of carbonyl (C=O) groups is 2. The summed E-state index contributed by atoms with van der Waals surface area (Å²) in [4.78, 5) is 23.4. The number of aliphatic carboxylic acids is 1. The van der Waals surface area contributed by atoms with Crippen molar-refractivity contribution in [3.05, 3.63) is 34.3 Å². The highest BCUT2D eigenvalue weighted by molar-refractivity contribution is 9.10. The maximum Gasteiger partial charge on any atom is 0.326 e. The Balaban J connectivity index is 2.18. The Morgan fingerprint density at radius 2 is 2.14 bits per heavy atom. The van der Waals surface area contributed by atoms with Crippen LogP contribution in [-0.2, 0) is 4.79 Å². The number of hydrogen-bond acceptors (Lipinski definition) is 4. The number of amides is 1. The average molecular weight is 370 g/mol. The first-order valence-corrected chi connectivity index (χ1v) is 7.56. The number of hydrogen-bond donors (Lipinski definition) is 2. The minimum Gasteiger partial charge on any atom is -0.486 e. The van der Waals surface area contributed by atoms with Crippen LogP contribution in [0.25, 0.3) is 0 Å². The van der Waals surface area contributed by atoms with Crippen molar-refractivity contribution in [2.75, 3.05) is 13.2 Å². The monoisotopic (exact) mass is 369 g/mol. The molecule has 0 saturated carbocycles. The second-order valence-electron chi connectivity index (χ2n) is 4.65. The maximum absolute atomic E-state index is 12.2. The highest BCUT2D eigenvalue weighted by Crippen LogP contribution is 2.38. The van der Waals surface area contributed by atoms with Crippen LogP contribution in [0.5, 0.6) is 11.5 Å². The number of ether oxygens (including phenoxy) is 2. The maximum atomic E-state index is 12.2. The molecule has 6 nitrogen and oxygen atoms in total. The number of rotatable bonds is 5. The summed E-state index contributed by atoms with van der Waals surface area (Å²) in [6.45, 7) is 2.64. The van der Waals surface area contributed by atoms with E-state index < -0.39 is 17.9 Å². The molecule has 0 fully saturated rings. The van der Waals surface area contributed by atoms with Gasteiger partial charge in [0.1, 0.15) is 19.3 Å². The smallest absolute Gasteiger partial charge is 0.326 e. The second-order valence-corrected chi connectivity index (χ2v) is 5.51. The molecule has 1 aliphatic rings. The first-order chi connectivity index (χ1) is 10.5. The van der Waals surface area contributed by atoms with E-state index in [1.165, 1.54) is 0 Å². The summed E-state index contributed by atoms with van der Waals surface area (Å²) in [7, 11) is 0. The van der Waals surface area contributed by atoms with E-state index >= 15 is 0 Å². The Hall–Kier alpha value is -2.02. The Morgan fingerprint density at radius 3 is 2.82 bits per heavy atom. The van der Waals surface area contributed by atoms with E-state index in [0.29, 0.717) is 34.7 Å². The van der Waals surface area contributed by atoms with Crippen LogP contribution in [0.4, 0.5) is 0 Å². The quantitative estimate of drug-likeness (QED) is 0.778. The molecule has 1 aliphatic heterocycles. The zero-order valence-electron chi connectivity index (χ0n) is 12.0. The first kappa shape index (κ1) is 16.4. The Morgan fingerprint density at radius 1 is 1.41 bits per heavy atom. The van der Waals surface area contributed by atoms with Gasteiger partial charge in [0.25, 0.3) is 5.91 Å². The van der Waals surface area contributed by atoms with Crippen LogP contribution in [0, 0.1) is 0 Å². The summed E-state index contributed by atoms with van der Waals surface area (Å²) >= 11 is 3.33. The molecule has 0 saturated heterocycles. The molecule has 7 heteroatoms. The Labute approximate surface area is 136 Å². The van der Waals surface area contributed by atoms with Crippen molar-refractivity contribution in [2.45, 2.75) is 19.4 Å². The molecule has 1 aromatic carbocycles. The predicted octanol–water partition coefficient (Wildman–Crippen LogP) is 2.37. The summed E-state index contributed by atoms with van der Waals surface area (Å²) in [5, 5.41) is 11.6. The SMILES string of the molecule is C/C=C/CC(NC(=O)c1cc(Br)c2c(c1)OCCO2)C(=O)O. The Bertz CT molecular complexity index is 614. The van der Waals surface area contributed by atoms with Gasteiger partial charge in [0.15, 0.2) is 11.5 Å². The highest BCUT2D eigenvalue weighted by atomic mass is 79.9. The standard InChI is InChI=1S/C15H16BrNO5/c1-2-3-4-11(15(19)20)17-14(18)9-7-10(16)13-12(8-9)21-5-6-22-13/h2-3,7-8,11H,4-6H2,1H3,(H,17,18)(H,19,20)/b3-2+. The molecular formula is C15H16BrNO5. The van der Waals surface area contributed by atoms with Crippen molar-refractivity contribution < 1.29 is 24.2 Å². The third-order valence-electron chi connectivity index (χ3n) is 3.07. The number of carboxylic acids is 1. The topological polar surface area (TPSA) is 84.9 Å². The first-order valence-electron chi connectivity index (χ1n) is 6.77. The summed E-state index contributed by atoms with van der Waals surface area (Å²) in [5.41, 5.74) is 0.308. The van der Waals surface area contributed by atoms with Gasteiger partial charge < -0.3 is 19.9 Å². The number of allylic oxidation sites excluding steroid dienone is 1. The number of benzene rings is 1. The number of fused-ring (bicyclic) bond motifs is 1. The lowest BCUT2D eigenvalue weighted by Gasteiger charge is -2.20. The summed E-state index contributed by atoms with van der Waals surface area (Å²) in [6.07, 6.45) is 3.66. The fraction of sp³-hybridized carbons (Fsp3) is 0.333. The molecule has 118 valence electrons. The molecule has 1 amide bonds. The second kappa shape index (κ2) is 7.31. The number of carboxylic acid groups (broad SMARTS) is 1. The van der Waals surface area contributed by atoms with Gasteiger partial charge in [-0.15, -0.1) is 0 Å². The van der Waals surface area contributed by atoms with Gasteiger partial charge in [-0.05, 0) is 41.4 Å². The minimum absolute atomic E-state index is 0.225. The lowest BCUT2D eigenvalue weighted by Crippen LogP contribution is -2.40. The number of nitrogens with one attached hydrogen (secondary N) is 1. The van der Waals surface area contributed by atoms with Crippen molar-refractivity contribution in [3.8, 4) is 11.5 Å². The van der Waals surface area contributed by atoms with Crippen LogP contribution >= 0.6 is 15.9 Å². The molecule has 2 rings (SSSR count). The minimum atomic E-state index is -1.08. The van der Waals surface area contributed by atoms with E-state index in [1.54, 1.807) is 31.2 Å². The summed E-state index contributed by atoms with van der Waals surface area (Å²) < 4.78 is 11.5. The molecule has 1 heterocycles. The van der Waals surface area contributed by atoms with Gasteiger partial charge >= 0.3 is 5.97 Å². The van der Waals surface area contributed by atoms with Gasteiger partial charge in [-0.3, -0.25) is 4.79 Å². The van der Waals surface area contributed by atoms with E-state index in [-0.39, 0.29) is 6.42 Å². The molecule has 2 N–H and O–H groups in total. The van der Waals surface area contributed by atoms with Gasteiger partial charge in [-0.2, -0.15) is 0 Å². The molecule has 0 spiro atoms. The molecule has 0 radical (unpaired) electrons. The number of halogens is 1. The van der Waals surface area contributed by atoms with E-state index in [1.807, 2.05) is 0 Å². The molecule has 0 aliphatic carbocycles. The van der Waals surface area contributed by atoms with Crippen LogP contribution in [0.2, 0.25) is 0 Å². The molecule has 22 heavy (non-hydrogen) atoms. The van der Waals surface area contributed by atoms with Crippen LogP contribution in [0.1, 0.15) is 23.7 Å². The van der Waals surface area contributed by atoms with Crippen molar-refractivity contribution >= 4 is 27.8 Å². The van der Waals surface area contributed by atoms with Crippen LogP contribution in [-0.4, -0.2) is 36.2 Å². The van der Waals surface area contributed by atoms with Gasteiger partial charge in [0, 0.05) is 5.56 Å². The molecule has 1 unspecified atom stereocenters. The van der Waals surface area contributed by atoms with E-state index in [9.17, 15) is 9.59 Å². The van der Waals surface area contributed by atoms with Crippen molar-refractivity contribution in [1.82, 2.24) is 5.32 Å². The fourth-order valence-electron chi connectivity index (χ4n) is 1.98. The van der Waals surface area contributed by atoms with E-state index in [4.69, 9.17) is 14.6 Å². The van der Waals surface area contributed by atoms with Crippen LogP contribution in [0.15, 0.2) is 28.8 Å². The summed E-state index contributed by atoms with van der Waals surface area (Å²) in [5.74, 6) is -0.546. The third-order valence-corrected chi connectivity index (χ3v) is 3.66. The molecule has 0 bridgehead atoms.